The first-order valence-corrected chi connectivity index (χ1v) is 20.6. The molecule has 3 aliphatic rings. The number of anilines is 1. The molecule has 2 bridgehead atoms. The number of hydrogen-bond donors (Lipinski definition) is 0. The van der Waals surface area contributed by atoms with E-state index >= 15 is 0 Å². The molecule has 2 aliphatic heterocycles. The Kier molecular flexibility index (Phi) is 13.1. The maximum absolute atomic E-state index is 14.7. The molecule has 13 nitrogen and oxygen atoms in total. The molecule has 3 heterocycles. The number of benzene rings is 2. The number of hydrogen-bond acceptors (Lipinski definition) is 11. The molecule has 0 saturated heterocycles. The molecule has 0 N–H and O–H groups in total. The van der Waals surface area contributed by atoms with Crippen molar-refractivity contribution in [2.45, 2.75) is 58.1 Å². The van der Waals surface area contributed by atoms with Gasteiger partial charge in [0.05, 0.1) is 49.5 Å². The largest absolute Gasteiger partial charge is 0.491 e. The van der Waals surface area contributed by atoms with Crippen LogP contribution in [0.1, 0.15) is 70.9 Å². The van der Waals surface area contributed by atoms with Crippen LogP contribution >= 0.6 is 11.6 Å². The van der Waals surface area contributed by atoms with E-state index in [1.54, 1.807) is 25.3 Å². The second-order valence-electron chi connectivity index (χ2n) is 14.1. The number of nitrogens with zero attached hydrogens (tertiary/aromatic N) is 5. The minimum atomic E-state index is -3.56. The zero-order valence-corrected chi connectivity index (χ0v) is 33.4. The number of rotatable bonds is 6. The first-order valence-electron chi connectivity index (χ1n) is 18.4. The van der Waals surface area contributed by atoms with Crippen molar-refractivity contribution in [3.05, 3.63) is 75.8 Å². The van der Waals surface area contributed by atoms with Gasteiger partial charge in [0.2, 0.25) is 11.8 Å². The standard InChI is InChI=1S/C40H48ClN5O8S/c1-25-9-8-11-33(50-2)31-16-13-29(31)22-46-21-28-12-15-30(41)19-26(28)10-6-7-18-54-34-17-14-27(20-32(34)46)36(47)45-55(49,23-25)24-42-37(48)35-38(51-3)43-40(53-5)44-39(35)52-4/h8,11-12,14-15,17,19-20,24-25,29,31,33H,6-7,9-10,13,16,18,21-23H2,1-5H3/b11-8+,42-24?/t25-,29-,31+,33-,55?/m0/s1. The number of allylic oxidation sites excluding steroid dienone is 1. The van der Waals surface area contributed by atoms with Gasteiger partial charge in [-0.15, -0.1) is 0 Å². The van der Waals surface area contributed by atoms with Crippen LogP contribution in [-0.2, 0) is 27.4 Å². The Hall–Kier alpha value is -4.53. The van der Waals surface area contributed by atoms with Crippen molar-refractivity contribution in [2.24, 2.45) is 27.1 Å². The average molecular weight is 794 g/mol. The van der Waals surface area contributed by atoms with Gasteiger partial charge in [0.15, 0.2) is 5.56 Å². The van der Waals surface area contributed by atoms with Crippen LogP contribution in [0.25, 0.3) is 0 Å². The second kappa shape index (κ2) is 17.9. The van der Waals surface area contributed by atoms with Gasteiger partial charge in [0.1, 0.15) is 11.3 Å². The molecule has 2 amide bonds. The third-order valence-electron chi connectivity index (χ3n) is 10.4. The van der Waals surface area contributed by atoms with Crippen molar-refractivity contribution in [3.63, 3.8) is 0 Å². The van der Waals surface area contributed by atoms with Gasteiger partial charge in [-0.25, -0.2) is 9.20 Å². The first-order chi connectivity index (χ1) is 26.5. The molecular weight excluding hydrogens is 746 g/mol. The number of aryl methyl sites for hydroxylation is 1. The molecule has 55 heavy (non-hydrogen) atoms. The number of methoxy groups -OCH3 is 4. The van der Waals surface area contributed by atoms with Gasteiger partial charge in [-0.1, -0.05) is 36.7 Å². The van der Waals surface area contributed by atoms with E-state index in [1.165, 1.54) is 26.9 Å². The van der Waals surface area contributed by atoms with E-state index in [1.807, 2.05) is 25.1 Å². The van der Waals surface area contributed by atoms with Crippen LogP contribution in [0.4, 0.5) is 5.69 Å². The fourth-order valence-corrected chi connectivity index (χ4v) is 9.37. The lowest BCUT2D eigenvalue weighted by atomic mass is 9.70. The van der Waals surface area contributed by atoms with Crippen molar-refractivity contribution in [3.8, 4) is 23.5 Å². The summed E-state index contributed by atoms with van der Waals surface area (Å²) in [5, 5.41) is 0.695. The summed E-state index contributed by atoms with van der Waals surface area (Å²) in [5.41, 5.74) is 4.08. The smallest absolute Gasteiger partial charge is 0.322 e. The first kappa shape index (κ1) is 40.1. The Morgan fingerprint density at radius 1 is 1.02 bits per heavy atom. The number of aliphatic imine (C=N–C) groups is 1. The highest BCUT2D eigenvalue weighted by Gasteiger charge is 2.38. The summed E-state index contributed by atoms with van der Waals surface area (Å²) >= 11 is 6.47. The van der Waals surface area contributed by atoms with Gasteiger partial charge in [-0.2, -0.15) is 14.3 Å². The summed E-state index contributed by atoms with van der Waals surface area (Å²) in [6.45, 7) is 3.69. The molecule has 1 saturated carbocycles. The van der Waals surface area contributed by atoms with Gasteiger partial charge in [-0.05, 0) is 97.7 Å². The molecule has 0 spiro atoms. The van der Waals surface area contributed by atoms with Gasteiger partial charge in [0, 0.05) is 36.5 Å². The van der Waals surface area contributed by atoms with Crippen molar-refractivity contribution in [1.29, 1.82) is 0 Å². The Morgan fingerprint density at radius 3 is 2.49 bits per heavy atom. The summed E-state index contributed by atoms with van der Waals surface area (Å²) in [6.07, 6.45) is 9.27. The Bertz CT molecular complexity index is 2060. The minimum Gasteiger partial charge on any atom is -0.491 e. The molecule has 0 radical (unpaired) electrons. The normalized spacial score (nSPS) is 25.2. The fourth-order valence-electron chi connectivity index (χ4n) is 7.37. The highest BCUT2D eigenvalue weighted by Crippen LogP contribution is 2.42. The number of fused-ring (bicyclic) bond motifs is 3. The fraction of sp³-hybridized carbons (Fsp3) is 0.475. The number of carbonyl (C=O) groups excluding carboxylic acids is 2. The maximum Gasteiger partial charge on any atom is 0.322 e. The lowest BCUT2D eigenvalue weighted by molar-refractivity contribution is 0.0133. The van der Waals surface area contributed by atoms with E-state index in [0.29, 0.717) is 42.8 Å². The molecule has 6 rings (SSSR count). The molecule has 5 atom stereocenters. The highest BCUT2D eigenvalue weighted by atomic mass is 35.5. The zero-order valence-electron chi connectivity index (χ0n) is 31.9. The van der Waals surface area contributed by atoms with Crippen LogP contribution < -0.4 is 23.8 Å². The number of amides is 2. The third kappa shape index (κ3) is 9.47. The Labute approximate surface area is 327 Å². The van der Waals surface area contributed by atoms with Crippen LogP contribution in [0.5, 0.6) is 23.5 Å². The van der Waals surface area contributed by atoms with E-state index < -0.39 is 21.5 Å². The molecule has 15 heteroatoms. The average Bonchev–Trinajstić information content (AvgIpc) is 3.20. The van der Waals surface area contributed by atoms with Crippen molar-refractivity contribution in [2.75, 3.05) is 52.2 Å². The molecule has 3 aromatic rings. The summed E-state index contributed by atoms with van der Waals surface area (Å²) in [5.74, 6) is -0.864. The minimum absolute atomic E-state index is 0.0452. The summed E-state index contributed by atoms with van der Waals surface area (Å²) in [7, 11) is 2.17. The molecule has 1 aliphatic carbocycles. The van der Waals surface area contributed by atoms with Gasteiger partial charge >= 0.3 is 6.01 Å². The van der Waals surface area contributed by atoms with E-state index in [0.717, 1.165) is 48.9 Å². The van der Waals surface area contributed by atoms with E-state index in [9.17, 15) is 13.8 Å². The number of ether oxygens (including phenoxy) is 5. The second-order valence-corrected chi connectivity index (χ2v) is 16.7. The summed E-state index contributed by atoms with van der Waals surface area (Å²) < 4.78 is 47.1. The topological polar surface area (TPSA) is 151 Å². The highest BCUT2D eigenvalue weighted by molar-refractivity contribution is 8.06. The third-order valence-corrected chi connectivity index (χ3v) is 12.6. The number of halogens is 1. The van der Waals surface area contributed by atoms with Gasteiger partial charge in [-0.3, -0.25) is 9.59 Å². The summed E-state index contributed by atoms with van der Waals surface area (Å²) in [4.78, 5) is 42.1. The molecule has 1 fully saturated rings. The predicted octanol–water partition coefficient (Wildman–Crippen LogP) is 6.99. The zero-order chi connectivity index (χ0) is 39.1. The molecule has 294 valence electrons. The van der Waals surface area contributed by atoms with Crippen LogP contribution in [0.15, 0.2) is 57.9 Å². The molecular formula is C40H48ClN5O8S. The lowest BCUT2D eigenvalue weighted by Gasteiger charge is -2.43. The lowest BCUT2D eigenvalue weighted by Crippen LogP contribution is -2.43. The monoisotopic (exact) mass is 793 g/mol. The van der Waals surface area contributed by atoms with Gasteiger partial charge in [0.25, 0.3) is 11.8 Å². The van der Waals surface area contributed by atoms with Crippen LogP contribution in [0, 0.1) is 17.8 Å². The van der Waals surface area contributed by atoms with Gasteiger partial charge < -0.3 is 28.6 Å². The van der Waals surface area contributed by atoms with Crippen LogP contribution in [0.3, 0.4) is 0 Å². The van der Waals surface area contributed by atoms with E-state index in [4.69, 9.17) is 35.3 Å². The molecule has 2 aromatic carbocycles. The summed E-state index contributed by atoms with van der Waals surface area (Å²) in [6, 6.07) is 11.2. The number of aromatic nitrogens is 2. The Morgan fingerprint density at radius 2 is 1.80 bits per heavy atom. The Balaban J connectivity index is 1.45. The molecule has 1 aromatic heterocycles. The van der Waals surface area contributed by atoms with Crippen LogP contribution in [0.2, 0.25) is 5.02 Å². The van der Waals surface area contributed by atoms with Crippen molar-refractivity contribution in [1.82, 2.24) is 9.97 Å². The molecule has 1 unspecified atom stereocenters. The SMILES string of the molecule is COc1nc(OC)c(C(=O)N=CS2(=O)=NC(=O)c3ccc4c(c3)N(Cc3ccc(Cl)cc3CCCCO4)C[C@@H]3CC[C@H]3[C@@H](OC)/C=C/C[C@H](C)C2)c(OC)n1. The van der Waals surface area contributed by atoms with E-state index in [-0.39, 0.29) is 52.6 Å². The van der Waals surface area contributed by atoms with Crippen molar-refractivity contribution < 1.29 is 37.5 Å². The van der Waals surface area contributed by atoms with Crippen molar-refractivity contribution >= 4 is 44.4 Å². The van der Waals surface area contributed by atoms with E-state index in [2.05, 4.69) is 36.4 Å². The maximum atomic E-state index is 14.7. The number of carbonyl (C=O) groups is 2. The quantitative estimate of drug-likeness (QED) is 0.144. The predicted molar refractivity (Wildman–Crippen MR) is 212 cm³/mol. The van der Waals surface area contributed by atoms with Crippen LogP contribution in [-0.4, -0.2) is 85.0 Å².